The van der Waals surface area contributed by atoms with E-state index in [0.717, 1.165) is 21.1 Å². The third kappa shape index (κ3) is 3.34. The van der Waals surface area contributed by atoms with Gasteiger partial charge in [0.25, 0.3) is 5.91 Å². The van der Waals surface area contributed by atoms with Gasteiger partial charge >= 0.3 is 0 Å². The van der Waals surface area contributed by atoms with Crippen LogP contribution in [0.4, 0.5) is 5.13 Å². The Labute approximate surface area is 157 Å². The molecular weight excluding hydrogens is 396 g/mol. The first-order valence-electron chi connectivity index (χ1n) is 7.71. The summed E-state index contributed by atoms with van der Waals surface area (Å²) in [5.41, 5.74) is 2.53. The molecule has 3 nitrogen and oxygen atoms in total. The summed E-state index contributed by atoms with van der Waals surface area (Å²) < 4.78 is 0.871. The number of rotatable bonds is 3. The molecule has 122 valence electrons. The minimum Gasteiger partial charge on any atom is -0.298 e. The number of hydrogen-bond donors (Lipinski definition) is 1. The summed E-state index contributed by atoms with van der Waals surface area (Å²) >= 11 is 4.81. The molecule has 0 bridgehead atoms. The SMILES string of the molecule is O=C(Nc1nc(-c2cccc3ccccc23)cs1)c1cccc(Br)c1. The van der Waals surface area contributed by atoms with E-state index in [-0.39, 0.29) is 5.91 Å². The van der Waals surface area contributed by atoms with E-state index in [9.17, 15) is 4.79 Å². The molecule has 0 unspecified atom stereocenters. The van der Waals surface area contributed by atoms with E-state index >= 15 is 0 Å². The molecule has 0 atom stereocenters. The van der Waals surface area contributed by atoms with E-state index in [1.54, 1.807) is 12.1 Å². The van der Waals surface area contributed by atoms with Gasteiger partial charge in [0.15, 0.2) is 5.13 Å². The second-order valence-electron chi connectivity index (χ2n) is 5.53. The number of nitrogens with zero attached hydrogens (tertiary/aromatic N) is 1. The Hall–Kier alpha value is -2.50. The monoisotopic (exact) mass is 408 g/mol. The lowest BCUT2D eigenvalue weighted by atomic mass is 10.0. The Morgan fingerprint density at radius 2 is 1.80 bits per heavy atom. The number of nitrogens with one attached hydrogen (secondary N) is 1. The van der Waals surface area contributed by atoms with Gasteiger partial charge in [0.1, 0.15) is 0 Å². The van der Waals surface area contributed by atoms with Crippen LogP contribution in [-0.4, -0.2) is 10.9 Å². The van der Waals surface area contributed by atoms with Crippen molar-refractivity contribution in [3.63, 3.8) is 0 Å². The van der Waals surface area contributed by atoms with Crippen molar-refractivity contribution in [2.24, 2.45) is 0 Å². The van der Waals surface area contributed by atoms with Gasteiger partial charge in [-0.1, -0.05) is 64.5 Å². The van der Waals surface area contributed by atoms with Crippen LogP contribution in [0.15, 0.2) is 76.6 Å². The first-order chi connectivity index (χ1) is 12.2. The summed E-state index contributed by atoms with van der Waals surface area (Å²) in [6.07, 6.45) is 0. The summed E-state index contributed by atoms with van der Waals surface area (Å²) in [5, 5.41) is 7.76. The molecule has 0 aliphatic rings. The third-order valence-corrected chi connectivity index (χ3v) is 5.13. The molecule has 1 heterocycles. The summed E-state index contributed by atoms with van der Waals surface area (Å²) in [4.78, 5) is 17.0. The topological polar surface area (TPSA) is 42.0 Å². The minimum atomic E-state index is -0.167. The van der Waals surface area contributed by atoms with Crippen molar-refractivity contribution in [2.75, 3.05) is 5.32 Å². The van der Waals surface area contributed by atoms with E-state index in [4.69, 9.17) is 0 Å². The summed E-state index contributed by atoms with van der Waals surface area (Å²) in [7, 11) is 0. The van der Waals surface area contributed by atoms with Gasteiger partial charge in [-0.25, -0.2) is 4.98 Å². The Kier molecular flexibility index (Phi) is 4.34. The Morgan fingerprint density at radius 1 is 1.00 bits per heavy atom. The zero-order valence-corrected chi connectivity index (χ0v) is 15.5. The lowest BCUT2D eigenvalue weighted by Crippen LogP contribution is -2.11. The van der Waals surface area contributed by atoms with Crippen molar-refractivity contribution in [1.82, 2.24) is 4.98 Å². The fourth-order valence-corrected chi connectivity index (χ4v) is 3.81. The fourth-order valence-electron chi connectivity index (χ4n) is 2.70. The summed E-state index contributed by atoms with van der Waals surface area (Å²) in [6.45, 7) is 0. The van der Waals surface area contributed by atoms with Crippen molar-refractivity contribution in [3.05, 3.63) is 82.1 Å². The molecule has 1 N–H and O–H groups in total. The first-order valence-corrected chi connectivity index (χ1v) is 9.38. The molecule has 4 rings (SSSR count). The van der Waals surface area contributed by atoms with E-state index in [1.165, 1.54) is 16.7 Å². The second-order valence-corrected chi connectivity index (χ2v) is 7.30. The first kappa shape index (κ1) is 16.0. The van der Waals surface area contributed by atoms with Gasteiger partial charge in [-0.15, -0.1) is 11.3 Å². The second kappa shape index (κ2) is 6.78. The van der Waals surface area contributed by atoms with Crippen molar-refractivity contribution in [3.8, 4) is 11.3 Å². The minimum absolute atomic E-state index is 0.167. The Balaban J connectivity index is 1.63. The predicted octanol–water partition coefficient (Wildman–Crippen LogP) is 5.98. The molecule has 0 fully saturated rings. The molecule has 0 spiro atoms. The van der Waals surface area contributed by atoms with Crippen LogP contribution in [0.1, 0.15) is 10.4 Å². The van der Waals surface area contributed by atoms with E-state index < -0.39 is 0 Å². The average Bonchev–Trinajstić information content (AvgIpc) is 3.09. The smallest absolute Gasteiger partial charge is 0.257 e. The van der Waals surface area contributed by atoms with Crippen molar-refractivity contribution in [1.29, 1.82) is 0 Å². The number of fused-ring (bicyclic) bond motifs is 1. The summed E-state index contributed by atoms with van der Waals surface area (Å²) in [6, 6.07) is 21.7. The largest absolute Gasteiger partial charge is 0.298 e. The highest BCUT2D eigenvalue weighted by atomic mass is 79.9. The van der Waals surface area contributed by atoms with Crippen LogP contribution in [0.3, 0.4) is 0 Å². The number of aromatic nitrogens is 1. The molecule has 0 saturated heterocycles. The average molecular weight is 409 g/mol. The molecule has 4 aromatic rings. The van der Waals surface area contributed by atoms with Gasteiger partial charge in [0.05, 0.1) is 5.69 Å². The van der Waals surface area contributed by atoms with Gasteiger partial charge in [0, 0.05) is 21.0 Å². The van der Waals surface area contributed by atoms with Gasteiger partial charge in [-0.2, -0.15) is 0 Å². The van der Waals surface area contributed by atoms with Gasteiger partial charge in [-0.3, -0.25) is 10.1 Å². The molecule has 0 radical (unpaired) electrons. The highest BCUT2D eigenvalue weighted by Gasteiger charge is 2.11. The van der Waals surface area contributed by atoms with Crippen LogP contribution in [0, 0.1) is 0 Å². The maximum absolute atomic E-state index is 12.4. The van der Waals surface area contributed by atoms with Gasteiger partial charge < -0.3 is 0 Å². The lowest BCUT2D eigenvalue weighted by Gasteiger charge is -2.04. The number of carbonyl (C=O) groups excluding carboxylic acids is 1. The fraction of sp³-hybridized carbons (Fsp3) is 0. The normalized spacial score (nSPS) is 10.8. The van der Waals surface area contributed by atoms with E-state index in [2.05, 4.69) is 50.5 Å². The molecule has 0 aliphatic heterocycles. The maximum Gasteiger partial charge on any atom is 0.257 e. The number of benzene rings is 3. The number of halogens is 1. The lowest BCUT2D eigenvalue weighted by molar-refractivity contribution is 0.102. The Bertz CT molecular complexity index is 1070. The number of anilines is 1. The van der Waals surface area contributed by atoms with Gasteiger partial charge in [0.2, 0.25) is 0 Å². The van der Waals surface area contributed by atoms with E-state index in [1.807, 2.05) is 35.7 Å². The molecule has 5 heteroatoms. The zero-order chi connectivity index (χ0) is 17.2. The van der Waals surface area contributed by atoms with Crippen LogP contribution in [-0.2, 0) is 0 Å². The Morgan fingerprint density at radius 3 is 2.68 bits per heavy atom. The molecular formula is C20H13BrN2OS. The zero-order valence-electron chi connectivity index (χ0n) is 13.1. The van der Waals surface area contributed by atoms with Gasteiger partial charge in [-0.05, 0) is 29.0 Å². The maximum atomic E-state index is 12.4. The standard InChI is InChI=1S/C20H13BrN2OS/c21-15-8-3-7-14(11-15)19(24)23-20-22-18(12-25-20)17-10-4-6-13-5-1-2-9-16(13)17/h1-12H,(H,22,23,24). The highest BCUT2D eigenvalue weighted by molar-refractivity contribution is 9.10. The third-order valence-electron chi connectivity index (χ3n) is 3.88. The molecule has 25 heavy (non-hydrogen) atoms. The molecule has 1 amide bonds. The number of hydrogen-bond acceptors (Lipinski definition) is 3. The highest BCUT2D eigenvalue weighted by Crippen LogP contribution is 2.31. The van der Waals surface area contributed by atoms with Crippen molar-refractivity contribution >= 4 is 49.1 Å². The number of thiazole rings is 1. The number of carbonyl (C=O) groups is 1. The summed E-state index contributed by atoms with van der Waals surface area (Å²) in [5.74, 6) is -0.167. The van der Waals surface area contributed by atoms with Crippen LogP contribution in [0.2, 0.25) is 0 Å². The van der Waals surface area contributed by atoms with Crippen LogP contribution < -0.4 is 5.32 Å². The van der Waals surface area contributed by atoms with Crippen LogP contribution >= 0.6 is 27.3 Å². The van der Waals surface area contributed by atoms with Crippen LogP contribution in [0.25, 0.3) is 22.0 Å². The van der Waals surface area contributed by atoms with Crippen molar-refractivity contribution in [2.45, 2.75) is 0 Å². The quantitative estimate of drug-likeness (QED) is 0.453. The number of amides is 1. The molecule has 1 aromatic heterocycles. The predicted molar refractivity (Wildman–Crippen MR) is 107 cm³/mol. The van der Waals surface area contributed by atoms with Crippen molar-refractivity contribution < 1.29 is 4.79 Å². The molecule has 0 aliphatic carbocycles. The molecule has 0 saturated carbocycles. The van der Waals surface area contributed by atoms with E-state index in [0.29, 0.717) is 10.7 Å². The van der Waals surface area contributed by atoms with Crippen LogP contribution in [0.5, 0.6) is 0 Å². The molecule has 3 aromatic carbocycles.